The molecule has 0 aliphatic rings. The maximum atomic E-state index is 12.4. The van der Waals surface area contributed by atoms with Gasteiger partial charge in [-0.2, -0.15) is 18.2 Å². The maximum absolute atomic E-state index is 12.4. The molecule has 4 N–H and O–H groups in total. The number of nitrogens with one attached hydrogen (secondary N) is 2. The highest BCUT2D eigenvalue weighted by Crippen LogP contribution is 2.23. The number of amides is 1. The lowest BCUT2D eigenvalue weighted by Gasteiger charge is -2.09. The number of alkyl halides is 3. The van der Waals surface area contributed by atoms with Gasteiger partial charge in [-0.3, -0.25) is 4.79 Å². The number of H-pyrrole nitrogens is 1. The lowest BCUT2D eigenvalue weighted by Crippen LogP contribution is -2.13. The summed E-state index contributed by atoms with van der Waals surface area (Å²) in [5.74, 6) is 0.430. The minimum Gasteiger partial charge on any atom is -0.368 e. The van der Waals surface area contributed by atoms with Crippen LogP contribution < -0.4 is 11.1 Å². The zero-order chi connectivity index (χ0) is 20.1. The van der Waals surface area contributed by atoms with Gasteiger partial charge in [-0.05, 0) is 35.4 Å². The third kappa shape index (κ3) is 5.74. The fourth-order valence-corrected chi connectivity index (χ4v) is 3.16. The predicted molar refractivity (Wildman–Crippen MR) is 101 cm³/mol. The average molecular weight is 407 g/mol. The molecule has 1 amide bonds. The number of nitrogens with two attached hydrogens (primary N) is 1. The van der Waals surface area contributed by atoms with Crippen LogP contribution in [0.15, 0.2) is 53.7 Å². The molecule has 0 aliphatic carbocycles. The first kappa shape index (κ1) is 19.7. The Kier molecular flexibility index (Phi) is 5.88. The zero-order valence-corrected chi connectivity index (χ0v) is 15.3. The molecule has 0 bridgehead atoms. The number of aromatic nitrogens is 3. The molecule has 0 saturated heterocycles. The summed E-state index contributed by atoms with van der Waals surface area (Å²) in [6, 6.07) is 12.6. The highest BCUT2D eigenvalue weighted by Gasteiger charge is 2.27. The largest absolute Gasteiger partial charge is 0.393 e. The van der Waals surface area contributed by atoms with Crippen LogP contribution in [0.1, 0.15) is 21.5 Å². The van der Waals surface area contributed by atoms with Crippen LogP contribution in [0.2, 0.25) is 0 Å². The van der Waals surface area contributed by atoms with E-state index in [1.807, 2.05) is 6.07 Å². The van der Waals surface area contributed by atoms with Crippen molar-refractivity contribution in [2.75, 3.05) is 11.1 Å². The van der Waals surface area contributed by atoms with Crippen LogP contribution in [0.4, 0.5) is 24.8 Å². The van der Waals surface area contributed by atoms with E-state index in [1.54, 1.807) is 18.2 Å². The van der Waals surface area contributed by atoms with Crippen LogP contribution in [0.25, 0.3) is 0 Å². The van der Waals surface area contributed by atoms with Crippen LogP contribution >= 0.6 is 11.8 Å². The van der Waals surface area contributed by atoms with Crippen LogP contribution in [-0.4, -0.2) is 27.3 Å². The van der Waals surface area contributed by atoms with Gasteiger partial charge in [0.15, 0.2) is 0 Å². The summed E-state index contributed by atoms with van der Waals surface area (Å²) in [4.78, 5) is 16.4. The van der Waals surface area contributed by atoms with Crippen molar-refractivity contribution in [2.45, 2.75) is 23.5 Å². The van der Waals surface area contributed by atoms with E-state index in [9.17, 15) is 18.0 Å². The van der Waals surface area contributed by atoms with Gasteiger partial charge in [-0.1, -0.05) is 36.0 Å². The molecule has 1 heterocycles. The number of nitrogen functional groups attached to an aromatic ring is 1. The number of nitrogens with zero attached hydrogens (tertiary/aromatic N) is 2. The van der Waals surface area contributed by atoms with Crippen molar-refractivity contribution in [3.63, 3.8) is 0 Å². The molecule has 3 aromatic rings. The fraction of sp³-hybridized carbons (Fsp3) is 0.167. The van der Waals surface area contributed by atoms with Gasteiger partial charge in [0.25, 0.3) is 5.91 Å². The van der Waals surface area contributed by atoms with E-state index in [0.717, 1.165) is 5.56 Å². The van der Waals surface area contributed by atoms with E-state index in [0.29, 0.717) is 22.2 Å². The second-order valence-corrected chi connectivity index (χ2v) is 6.88. The smallest absolute Gasteiger partial charge is 0.368 e. The normalized spacial score (nSPS) is 11.4. The van der Waals surface area contributed by atoms with E-state index < -0.39 is 12.6 Å². The Hall–Kier alpha value is -3.01. The average Bonchev–Trinajstić information content (AvgIpc) is 3.06. The van der Waals surface area contributed by atoms with Crippen molar-refractivity contribution in [1.29, 1.82) is 0 Å². The Morgan fingerprint density at radius 3 is 2.54 bits per heavy atom. The van der Waals surface area contributed by atoms with E-state index in [4.69, 9.17) is 5.73 Å². The first-order valence-corrected chi connectivity index (χ1v) is 9.14. The van der Waals surface area contributed by atoms with Gasteiger partial charge in [0.05, 0.1) is 6.42 Å². The van der Waals surface area contributed by atoms with Crippen LogP contribution in [0.5, 0.6) is 0 Å². The summed E-state index contributed by atoms with van der Waals surface area (Å²) >= 11 is 1.37. The fourth-order valence-electron chi connectivity index (χ4n) is 2.41. The minimum absolute atomic E-state index is 0.136. The number of carbonyl (C=O) groups is 1. The molecule has 6 nitrogen and oxygen atoms in total. The molecule has 0 saturated carbocycles. The number of aromatic amines is 1. The third-order valence-electron chi connectivity index (χ3n) is 3.66. The van der Waals surface area contributed by atoms with Crippen molar-refractivity contribution in [3.05, 3.63) is 65.2 Å². The Morgan fingerprint density at radius 2 is 1.89 bits per heavy atom. The molecular weight excluding hydrogens is 391 g/mol. The Balaban J connectivity index is 1.61. The monoisotopic (exact) mass is 407 g/mol. The number of anilines is 2. The van der Waals surface area contributed by atoms with Gasteiger partial charge in [0, 0.05) is 17.0 Å². The Morgan fingerprint density at radius 1 is 1.14 bits per heavy atom. The predicted octanol–water partition coefficient (Wildman–Crippen LogP) is 4.04. The molecule has 0 spiro atoms. The number of hydrogen-bond donors (Lipinski definition) is 3. The lowest BCUT2D eigenvalue weighted by atomic mass is 10.1. The number of rotatable bonds is 6. The lowest BCUT2D eigenvalue weighted by molar-refractivity contribution is -0.127. The van der Waals surface area contributed by atoms with Crippen molar-refractivity contribution in [2.24, 2.45) is 0 Å². The van der Waals surface area contributed by atoms with Gasteiger partial charge in [0.1, 0.15) is 0 Å². The van der Waals surface area contributed by atoms with E-state index in [1.165, 1.54) is 36.0 Å². The van der Waals surface area contributed by atoms with Gasteiger partial charge < -0.3 is 11.1 Å². The molecule has 0 aliphatic heterocycles. The molecule has 0 atom stereocenters. The highest BCUT2D eigenvalue weighted by atomic mass is 32.2. The van der Waals surface area contributed by atoms with E-state index in [2.05, 4.69) is 20.5 Å². The summed E-state index contributed by atoms with van der Waals surface area (Å²) in [5, 5.41) is 9.66. The Bertz CT molecular complexity index is 956. The molecule has 3 rings (SSSR count). The van der Waals surface area contributed by atoms with Gasteiger partial charge in [-0.15, -0.1) is 5.10 Å². The Labute approximate surface area is 162 Å². The van der Waals surface area contributed by atoms with Crippen LogP contribution in [0.3, 0.4) is 0 Å². The van der Waals surface area contributed by atoms with Crippen molar-refractivity contribution < 1.29 is 18.0 Å². The third-order valence-corrected chi connectivity index (χ3v) is 4.57. The second-order valence-electron chi connectivity index (χ2n) is 5.94. The molecule has 2 aromatic carbocycles. The van der Waals surface area contributed by atoms with E-state index in [-0.39, 0.29) is 17.4 Å². The number of hydrogen-bond acceptors (Lipinski definition) is 5. The number of benzene rings is 2. The van der Waals surface area contributed by atoms with Crippen molar-refractivity contribution in [3.8, 4) is 0 Å². The maximum Gasteiger partial charge on any atom is 0.393 e. The molecule has 0 fully saturated rings. The summed E-state index contributed by atoms with van der Waals surface area (Å²) in [5.41, 5.74) is 7.36. The minimum atomic E-state index is -4.26. The standard InChI is InChI=1S/C18H16F3N5OS/c19-18(20,21)9-11-4-6-14(7-5-11)23-15(27)13-3-1-2-12(8-13)10-28-17-24-16(22)25-26-17/h1-8H,9-10H2,(H,23,27)(H3,22,24,25,26). The van der Waals surface area contributed by atoms with Gasteiger partial charge in [0.2, 0.25) is 11.1 Å². The van der Waals surface area contributed by atoms with Crippen molar-refractivity contribution >= 4 is 29.3 Å². The van der Waals surface area contributed by atoms with Crippen molar-refractivity contribution in [1.82, 2.24) is 15.2 Å². The molecule has 0 radical (unpaired) electrons. The molecule has 146 valence electrons. The van der Waals surface area contributed by atoms with E-state index >= 15 is 0 Å². The van der Waals surface area contributed by atoms with Crippen LogP contribution in [-0.2, 0) is 12.2 Å². The molecule has 10 heteroatoms. The molecule has 28 heavy (non-hydrogen) atoms. The first-order chi connectivity index (χ1) is 13.3. The van der Waals surface area contributed by atoms with Gasteiger partial charge >= 0.3 is 6.18 Å². The number of thioether (sulfide) groups is 1. The number of carbonyl (C=O) groups excluding carboxylic acids is 1. The summed E-state index contributed by atoms with van der Waals surface area (Å²) in [6.45, 7) is 0. The summed E-state index contributed by atoms with van der Waals surface area (Å²) in [7, 11) is 0. The highest BCUT2D eigenvalue weighted by molar-refractivity contribution is 7.98. The molecular formula is C18H16F3N5OS. The summed E-state index contributed by atoms with van der Waals surface area (Å²) < 4.78 is 37.2. The SMILES string of the molecule is Nc1nc(SCc2cccc(C(=O)Nc3ccc(CC(F)(F)F)cc3)c2)n[nH]1. The second kappa shape index (κ2) is 8.34. The topological polar surface area (TPSA) is 96.7 Å². The van der Waals surface area contributed by atoms with Gasteiger partial charge in [-0.25, -0.2) is 5.10 Å². The molecule has 1 aromatic heterocycles. The zero-order valence-electron chi connectivity index (χ0n) is 14.5. The molecule has 0 unspecified atom stereocenters. The van der Waals surface area contributed by atoms with Crippen LogP contribution in [0, 0.1) is 0 Å². The first-order valence-electron chi connectivity index (χ1n) is 8.15. The quantitative estimate of drug-likeness (QED) is 0.536. The summed E-state index contributed by atoms with van der Waals surface area (Å²) in [6.07, 6.45) is -5.27. The number of halogens is 3.